The van der Waals surface area contributed by atoms with Gasteiger partial charge in [0.15, 0.2) is 0 Å². The van der Waals surface area contributed by atoms with Gasteiger partial charge in [0.25, 0.3) is 0 Å². The van der Waals surface area contributed by atoms with Gasteiger partial charge in [-0.25, -0.2) is 0 Å². The van der Waals surface area contributed by atoms with Crippen LogP contribution in [-0.4, -0.2) is 4.98 Å². The van der Waals surface area contributed by atoms with Crippen molar-refractivity contribution in [3.8, 4) is 0 Å². The summed E-state index contributed by atoms with van der Waals surface area (Å²) in [5, 5.41) is 4.33. The smallest absolute Gasteiger partial charge is 0.0935 e. The van der Waals surface area contributed by atoms with Crippen LogP contribution in [0.4, 0.5) is 11.4 Å². The Hall–Kier alpha value is -2.26. The molecule has 1 heterocycles. The first-order valence-electron chi connectivity index (χ1n) is 4.01. The van der Waals surface area contributed by atoms with E-state index in [0.29, 0.717) is 16.9 Å². The summed E-state index contributed by atoms with van der Waals surface area (Å²) >= 11 is 0. The first-order chi connectivity index (χ1) is 6.83. The van der Waals surface area contributed by atoms with Gasteiger partial charge in [0.1, 0.15) is 0 Å². The fraction of sp³-hybridized carbons (Fsp3) is 0. The number of hydrogen-bond donors (Lipinski definition) is 1. The highest BCUT2D eigenvalue weighted by molar-refractivity contribution is 5.97. The third-order valence-corrected chi connectivity index (χ3v) is 1.93. The minimum absolute atomic E-state index is 0.546. The van der Waals surface area contributed by atoms with Gasteiger partial charge in [-0.05, 0) is 23.7 Å². The number of fused-ring (bicyclic) bond motifs is 1. The van der Waals surface area contributed by atoms with Gasteiger partial charge in [0.05, 0.1) is 11.2 Å². The quantitative estimate of drug-likeness (QED) is 0.320. The molecule has 0 radical (unpaired) electrons. The van der Waals surface area contributed by atoms with Gasteiger partial charge >= 0.3 is 0 Å². The average Bonchev–Trinajstić information content (AvgIpc) is 2.23. The van der Waals surface area contributed by atoms with Crippen molar-refractivity contribution in [2.24, 2.45) is 5.11 Å². The van der Waals surface area contributed by atoms with E-state index < -0.39 is 0 Å². The minimum atomic E-state index is 0.546. The van der Waals surface area contributed by atoms with Crippen LogP contribution in [0.15, 0.2) is 35.6 Å². The number of anilines is 1. The Morgan fingerprint density at radius 1 is 1.36 bits per heavy atom. The van der Waals surface area contributed by atoms with Crippen molar-refractivity contribution < 1.29 is 0 Å². The zero-order valence-electron chi connectivity index (χ0n) is 7.25. The Kier molecular flexibility index (Phi) is 1.93. The Labute approximate surface area is 79.8 Å². The molecule has 0 bridgehead atoms. The maximum atomic E-state index is 8.36. The molecular formula is C9H7N5. The molecule has 68 valence electrons. The number of nitrogens with two attached hydrogens (primary N) is 1. The van der Waals surface area contributed by atoms with Crippen LogP contribution in [0.2, 0.25) is 0 Å². The molecule has 5 heteroatoms. The van der Waals surface area contributed by atoms with Crippen molar-refractivity contribution in [1.82, 2.24) is 4.98 Å². The van der Waals surface area contributed by atoms with Crippen molar-refractivity contribution in [2.75, 3.05) is 5.73 Å². The molecule has 0 unspecified atom stereocenters. The van der Waals surface area contributed by atoms with Gasteiger partial charge in [0.2, 0.25) is 0 Å². The highest BCUT2D eigenvalue weighted by Gasteiger charge is 2.02. The second-order valence-corrected chi connectivity index (χ2v) is 2.76. The molecule has 2 rings (SSSR count). The van der Waals surface area contributed by atoms with E-state index in [1.807, 2.05) is 6.07 Å². The molecule has 1 aromatic heterocycles. The summed E-state index contributed by atoms with van der Waals surface area (Å²) in [6.45, 7) is 0. The van der Waals surface area contributed by atoms with Gasteiger partial charge in [-0.3, -0.25) is 4.98 Å². The minimum Gasteiger partial charge on any atom is -0.397 e. The van der Waals surface area contributed by atoms with Crippen molar-refractivity contribution >= 4 is 22.3 Å². The van der Waals surface area contributed by atoms with Crippen LogP contribution in [0, 0.1) is 0 Å². The van der Waals surface area contributed by atoms with Crippen molar-refractivity contribution in [3.63, 3.8) is 0 Å². The number of aromatic nitrogens is 1. The van der Waals surface area contributed by atoms with Gasteiger partial charge in [-0.1, -0.05) is 11.2 Å². The van der Waals surface area contributed by atoms with E-state index >= 15 is 0 Å². The average molecular weight is 185 g/mol. The molecule has 0 aliphatic carbocycles. The number of rotatable bonds is 1. The fourth-order valence-corrected chi connectivity index (χ4v) is 1.31. The zero-order chi connectivity index (χ0) is 9.97. The monoisotopic (exact) mass is 185 g/mol. The Morgan fingerprint density at radius 2 is 2.21 bits per heavy atom. The predicted octanol–water partition coefficient (Wildman–Crippen LogP) is 2.76. The lowest BCUT2D eigenvalue weighted by Gasteiger charge is -2.02. The van der Waals surface area contributed by atoms with Gasteiger partial charge in [-0.2, -0.15) is 0 Å². The molecule has 0 aliphatic heterocycles. The van der Waals surface area contributed by atoms with E-state index in [1.54, 1.807) is 24.4 Å². The maximum absolute atomic E-state index is 8.36. The van der Waals surface area contributed by atoms with Crippen LogP contribution in [-0.2, 0) is 0 Å². The molecular weight excluding hydrogens is 178 g/mol. The molecule has 14 heavy (non-hydrogen) atoms. The molecule has 0 fully saturated rings. The molecule has 0 amide bonds. The molecule has 0 atom stereocenters. The molecule has 0 saturated heterocycles. The summed E-state index contributed by atoms with van der Waals surface area (Å²) in [4.78, 5) is 6.86. The summed E-state index contributed by atoms with van der Waals surface area (Å²) in [6.07, 6.45) is 1.65. The summed E-state index contributed by atoms with van der Waals surface area (Å²) < 4.78 is 0. The van der Waals surface area contributed by atoms with Crippen LogP contribution in [0.5, 0.6) is 0 Å². The van der Waals surface area contributed by atoms with Crippen molar-refractivity contribution in [1.29, 1.82) is 0 Å². The second-order valence-electron chi connectivity index (χ2n) is 2.76. The van der Waals surface area contributed by atoms with Crippen LogP contribution in [0.3, 0.4) is 0 Å². The molecule has 2 aromatic rings. The number of hydrogen-bond acceptors (Lipinski definition) is 3. The first-order valence-corrected chi connectivity index (χ1v) is 4.01. The van der Waals surface area contributed by atoms with Crippen LogP contribution in [0.25, 0.3) is 21.3 Å². The number of benzene rings is 1. The van der Waals surface area contributed by atoms with E-state index in [2.05, 4.69) is 15.0 Å². The Morgan fingerprint density at radius 3 is 3.00 bits per heavy atom. The Balaban J connectivity index is 2.88. The standard InChI is InChI=1S/C9H7N5/c10-7-3-4-8(13-14-11)6-2-1-5-12-9(6)7/h1-5H,10H2. The lowest BCUT2D eigenvalue weighted by Crippen LogP contribution is -1.88. The molecule has 0 aliphatic rings. The molecule has 5 nitrogen and oxygen atoms in total. The van der Waals surface area contributed by atoms with E-state index in [9.17, 15) is 0 Å². The van der Waals surface area contributed by atoms with Crippen LogP contribution < -0.4 is 5.73 Å². The van der Waals surface area contributed by atoms with Crippen LogP contribution in [0.1, 0.15) is 0 Å². The normalized spacial score (nSPS) is 9.71. The largest absolute Gasteiger partial charge is 0.397 e. The van der Waals surface area contributed by atoms with E-state index in [4.69, 9.17) is 11.3 Å². The third kappa shape index (κ3) is 1.22. The summed E-state index contributed by atoms with van der Waals surface area (Å²) in [5.41, 5.74) is 15.9. The summed E-state index contributed by atoms with van der Waals surface area (Å²) in [6, 6.07) is 6.96. The zero-order valence-corrected chi connectivity index (χ0v) is 7.25. The number of nitrogens with zero attached hydrogens (tertiary/aromatic N) is 4. The lowest BCUT2D eigenvalue weighted by molar-refractivity contribution is 1.40. The maximum Gasteiger partial charge on any atom is 0.0935 e. The fourth-order valence-electron chi connectivity index (χ4n) is 1.31. The van der Waals surface area contributed by atoms with Gasteiger partial charge in [0, 0.05) is 22.2 Å². The van der Waals surface area contributed by atoms with E-state index in [1.165, 1.54) is 0 Å². The van der Waals surface area contributed by atoms with Gasteiger partial charge < -0.3 is 5.73 Å². The summed E-state index contributed by atoms with van der Waals surface area (Å²) in [5.74, 6) is 0. The van der Waals surface area contributed by atoms with Gasteiger partial charge in [-0.15, -0.1) is 0 Å². The molecule has 0 spiro atoms. The SMILES string of the molecule is [N-]=[N+]=Nc1ccc(N)c2ncccc12. The highest BCUT2D eigenvalue weighted by Crippen LogP contribution is 2.28. The van der Waals surface area contributed by atoms with E-state index in [-0.39, 0.29) is 0 Å². The first kappa shape index (κ1) is 8.34. The van der Waals surface area contributed by atoms with Crippen LogP contribution >= 0.6 is 0 Å². The Bertz CT molecular complexity index is 528. The van der Waals surface area contributed by atoms with Crippen molar-refractivity contribution in [2.45, 2.75) is 0 Å². The number of azide groups is 1. The molecule has 1 aromatic carbocycles. The topological polar surface area (TPSA) is 87.7 Å². The second kappa shape index (κ2) is 3.24. The number of nitrogen functional groups attached to an aromatic ring is 1. The summed E-state index contributed by atoms with van der Waals surface area (Å²) in [7, 11) is 0. The van der Waals surface area contributed by atoms with Crippen molar-refractivity contribution in [3.05, 3.63) is 40.9 Å². The lowest BCUT2D eigenvalue weighted by atomic mass is 10.1. The third-order valence-electron chi connectivity index (χ3n) is 1.93. The molecule has 0 saturated carbocycles. The highest BCUT2D eigenvalue weighted by atomic mass is 15.1. The number of pyridine rings is 1. The van der Waals surface area contributed by atoms with E-state index in [0.717, 1.165) is 5.39 Å². The predicted molar refractivity (Wildman–Crippen MR) is 55.0 cm³/mol. The molecule has 2 N–H and O–H groups in total.